The van der Waals surface area contributed by atoms with Crippen molar-refractivity contribution in [3.8, 4) is 5.75 Å². The molecule has 0 bridgehead atoms. The Balaban J connectivity index is 2.21. The lowest BCUT2D eigenvalue weighted by Crippen LogP contribution is -2.31. The van der Waals surface area contributed by atoms with E-state index >= 15 is 0 Å². The van der Waals surface area contributed by atoms with Gasteiger partial charge in [0.05, 0.1) is 28.8 Å². The number of halogens is 3. The lowest BCUT2D eigenvalue weighted by Gasteiger charge is -2.21. The van der Waals surface area contributed by atoms with Crippen molar-refractivity contribution in [1.29, 1.82) is 0 Å². The topological polar surface area (TPSA) is 84.0 Å². The van der Waals surface area contributed by atoms with E-state index < -0.39 is 56.1 Å². The molecule has 0 saturated heterocycles. The number of alkyl halides is 3. The predicted octanol–water partition coefficient (Wildman–Crippen LogP) is 2.81. The van der Waals surface area contributed by atoms with Gasteiger partial charge in [-0.25, -0.2) is 8.42 Å². The molecular formula is C19H17F3N2O5S. The molecule has 1 aliphatic heterocycles. The molecule has 1 heterocycles. The van der Waals surface area contributed by atoms with E-state index in [2.05, 4.69) is 0 Å². The third kappa shape index (κ3) is 3.60. The second-order valence-electron chi connectivity index (χ2n) is 6.75. The van der Waals surface area contributed by atoms with Crippen molar-refractivity contribution in [3.63, 3.8) is 0 Å². The van der Waals surface area contributed by atoms with E-state index in [0.29, 0.717) is 6.07 Å². The number of sulfone groups is 1. The van der Waals surface area contributed by atoms with E-state index in [1.54, 1.807) is 0 Å². The van der Waals surface area contributed by atoms with Crippen LogP contribution in [0.1, 0.15) is 26.3 Å². The Morgan fingerprint density at radius 2 is 1.77 bits per heavy atom. The molecule has 3 rings (SSSR count). The summed E-state index contributed by atoms with van der Waals surface area (Å²) in [5.41, 5.74) is -2.19. The Morgan fingerprint density at radius 3 is 2.33 bits per heavy atom. The fraction of sp³-hybridized carbons (Fsp3) is 0.263. The number of carbonyl (C=O) groups excluding carboxylic acids is 2. The Labute approximate surface area is 170 Å². The number of nitrogens with zero attached hydrogens (tertiary/aromatic N) is 2. The summed E-state index contributed by atoms with van der Waals surface area (Å²) in [7, 11) is -0.148. The number of para-hydroxylation sites is 1. The molecule has 1 aliphatic rings. The molecule has 0 aromatic heterocycles. The van der Waals surface area contributed by atoms with Crippen molar-refractivity contribution in [3.05, 3.63) is 53.1 Å². The molecule has 2 amide bonds. The number of rotatable bonds is 3. The van der Waals surface area contributed by atoms with Gasteiger partial charge < -0.3 is 9.64 Å². The molecule has 0 saturated carbocycles. The van der Waals surface area contributed by atoms with Gasteiger partial charge >= 0.3 is 6.18 Å². The number of hydrogen-bond acceptors (Lipinski definition) is 5. The van der Waals surface area contributed by atoms with Crippen LogP contribution in [0.4, 0.5) is 18.9 Å². The van der Waals surface area contributed by atoms with E-state index in [4.69, 9.17) is 4.74 Å². The fourth-order valence-corrected chi connectivity index (χ4v) is 4.68. The molecule has 0 N–H and O–H groups in total. The highest BCUT2D eigenvalue weighted by molar-refractivity contribution is 7.92. The Morgan fingerprint density at radius 1 is 1.13 bits per heavy atom. The molecule has 0 fully saturated rings. The van der Waals surface area contributed by atoms with Crippen LogP contribution in [-0.4, -0.2) is 52.2 Å². The number of hydrogen-bond donors (Lipinski definition) is 0. The average molecular weight is 442 g/mol. The van der Waals surface area contributed by atoms with Crippen molar-refractivity contribution in [2.75, 3.05) is 32.0 Å². The molecule has 7 nitrogen and oxygen atoms in total. The molecule has 0 unspecified atom stereocenters. The molecule has 0 aliphatic carbocycles. The van der Waals surface area contributed by atoms with Crippen LogP contribution in [0.15, 0.2) is 41.3 Å². The third-order valence-corrected chi connectivity index (χ3v) is 6.13. The minimum Gasteiger partial charge on any atom is -0.495 e. The maximum Gasteiger partial charge on any atom is 0.420 e. The maximum atomic E-state index is 13.6. The van der Waals surface area contributed by atoms with E-state index in [1.165, 1.54) is 38.4 Å². The fourth-order valence-electron chi connectivity index (χ4n) is 3.16. The average Bonchev–Trinajstić information content (AvgIpc) is 2.96. The second kappa shape index (κ2) is 7.31. The first-order chi connectivity index (χ1) is 13.9. The third-order valence-electron chi connectivity index (χ3n) is 4.52. The zero-order valence-corrected chi connectivity index (χ0v) is 17.0. The van der Waals surface area contributed by atoms with E-state index in [9.17, 15) is 31.2 Å². The molecule has 0 atom stereocenters. The largest absolute Gasteiger partial charge is 0.495 e. The lowest BCUT2D eigenvalue weighted by molar-refractivity contribution is -0.138. The number of amides is 2. The van der Waals surface area contributed by atoms with Crippen LogP contribution in [0.3, 0.4) is 0 Å². The van der Waals surface area contributed by atoms with Crippen LogP contribution in [0.2, 0.25) is 0 Å². The SMILES string of the molecule is COc1c(C(=O)N(C)C)cc(C(=O)N2CS(=O)(=O)c3ccccc32)cc1C(F)(F)F. The molecule has 0 spiro atoms. The zero-order valence-electron chi connectivity index (χ0n) is 16.1. The van der Waals surface area contributed by atoms with Crippen molar-refractivity contribution >= 4 is 27.3 Å². The van der Waals surface area contributed by atoms with Crippen molar-refractivity contribution in [1.82, 2.24) is 4.90 Å². The summed E-state index contributed by atoms with van der Waals surface area (Å²) < 4.78 is 70.4. The minimum absolute atomic E-state index is 0.0624. The van der Waals surface area contributed by atoms with Crippen molar-refractivity contribution in [2.45, 2.75) is 11.1 Å². The summed E-state index contributed by atoms with van der Waals surface area (Å²) in [5, 5.41) is 0. The van der Waals surface area contributed by atoms with Crippen LogP contribution < -0.4 is 9.64 Å². The predicted molar refractivity (Wildman–Crippen MR) is 101 cm³/mol. The van der Waals surface area contributed by atoms with Crippen molar-refractivity contribution in [2.24, 2.45) is 0 Å². The lowest BCUT2D eigenvalue weighted by atomic mass is 10.0. The molecule has 11 heteroatoms. The van der Waals surface area contributed by atoms with Gasteiger partial charge in [0.25, 0.3) is 11.8 Å². The highest BCUT2D eigenvalue weighted by Gasteiger charge is 2.40. The summed E-state index contributed by atoms with van der Waals surface area (Å²) in [6.07, 6.45) is -4.92. The van der Waals surface area contributed by atoms with Gasteiger partial charge in [0, 0.05) is 19.7 Å². The highest BCUT2D eigenvalue weighted by atomic mass is 32.2. The van der Waals surface area contributed by atoms with E-state index in [-0.39, 0.29) is 10.6 Å². The first-order valence-electron chi connectivity index (χ1n) is 8.53. The summed E-state index contributed by atoms with van der Waals surface area (Å²) in [4.78, 5) is 27.3. The van der Waals surface area contributed by atoms with E-state index in [0.717, 1.165) is 23.0 Å². The van der Waals surface area contributed by atoms with Crippen molar-refractivity contribution < 1.29 is 35.9 Å². The van der Waals surface area contributed by atoms with Crippen LogP contribution in [-0.2, 0) is 16.0 Å². The van der Waals surface area contributed by atoms with Crippen LogP contribution in [0, 0.1) is 0 Å². The molecular weight excluding hydrogens is 425 g/mol. The van der Waals surface area contributed by atoms with Gasteiger partial charge in [-0.05, 0) is 24.3 Å². The monoisotopic (exact) mass is 442 g/mol. The quantitative estimate of drug-likeness (QED) is 0.730. The Bertz CT molecular complexity index is 1140. The number of methoxy groups -OCH3 is 1. The first-order valence-corrected chi connectivity index (χ1v) is 10.2. The number of benzene rings is 2. The molecule has 0 radical (unpaired) electrons. The summed E-state index contributed by atoms with van der Waals surface area (Å²) in [6, 6.07) is 7.23. The molecule has 160 valence electrons. The van der Waals surface area contributed by atoms with Gasteiger partial charge in [-0.1, -0.05) is 12.1 Å². The Kier molecular flexibility index (Phi) is 5.27. The number of anilines is 1. The smallest absolute Gasteiger partial charge is 0.420 e. The molecule has 2 aromatic carbocycles. The first kappa shape index (κ1) is 21.6. The van der Waals surface area contributed by atoms with E-state index in [1.807, 2.05) is 0 Å². The maximum absolute atomic E-state index is 13.6. The summed E-state index contributed by atoms with van der Waals surface area (Å²) in [6.45, 7) is 0. The van der Waals surface area contributed by atoms with Crippen LogP contribution in [0.5, 0.6) is 5.75 Å². The van der Waals surface area contributed by atoms with Crippen LogP contribution >= 0.6 is 0 Å². The second-order valence-corrected chi connectivity index (χ2v) is 8.67. The van der Waals surface area contributed by atoms with Crippen LogP contribution in [0.25, 0.3) is 0 Å². The summed E-state index contributed by atoms with van der Waals surface area (Å²) >= 11 is 0. The standard InChI is InChI=1S/C19H17F3N2O5S/c1-23(2)18(26)12-8-11(9-13(16(12)29-3)19(20,21)22)17(25)24-10-30(27,28)15-7-5-4-6-14(15)24/h4-9H,10H2,1-3H3. The van der Waals surface area contributed by atoms with Gasteiger partial charge in [-0.3, -0.25) is 14.5 Å². The van der Waals surface area contributed by atoms with Gasteiger partial charge in [0.15, 0.2) is 9.84 Å². The minimum atomic E-state index is -4.92. The van der Waals surface area contributed by atoms with Gasteiger partial charge in [0.2, 0.25) is 0 Å². The number of carbonyl (C=O) groups is 2. The van der Waals surface area contributed by atoms with Gasteiger partial charge in [0.1, 0.15) is 11.6 Å². The van der Waals surface area contributed by atoms with Gasteiger partial charge in [-0.15, -0.1) is 0 Å². The zero-order chi connectivity index (χ0) is 22.4. The number of fused-ring (bicyclic) bond motifs is 1. The normalized spacial score (nSPS) is 14.9. The summed E-state index contributed by atoms with van der Waals surface area (Å²) in [5.74, 6) is -3.21. The Hall–Kier alpha value is -3.08. The van der Waals surface area contributed by atoms with Gasteiger partial charge in [-0.2, -0.15) is 13.2 Å². The molecule has 2 aromatic rings. The highest BCUT2D eigenvalue weighted by Crippen LogP contribution is 2.41. The number of ether oxygens (including phenoxy) is 1. The molecule has 30 heavy (non-hydrogen) atoms.